The van der Waals surface area contributed by atoms with Crippen LogP contribution in [-0.2, 0) is 31.9 Å². The summed E-state index contributed by atoms with van der Waals surface area (Å²) in [7, 11) is -0.292. The van der Waals surface area contributed by atoms with Crippen molar-refractivity contribution >= 4 is 14.1 Å². The number of methoxy groups -OCH3 is 1. The predicted molar refractivity (Wildman–Crippen MR) is 178 cm³/mol. The largest absolute Gasteiger partial charge is 0.497 e. The Balaban J connectivity index is 2.18. The first-order valence-corrected chi connectivity index (χ1v) is 18.6. The molecule has 7 atom stereocenters. The zero-order valence-electron chi connectivity index (χ0n) is 28.3. The Bertz CT molecular complexity index is 1060. The molecular weight excluding hydrogens is 556 g/mol. The molecule has 0 saturated carbocycles. The monoisotopic (exact) mass is 614 g/mol. The Labute approximate surface area is 262 Å². The highest BCUT2D eigenvalue weighted by Gasteiger charge is 2.42. The Morgan fingerprint density at radius 1 is 0.814 bits per heavy atom. The summed E-state index contributed by atoms with van der Waals surface area (Å²) >= 11 is 0. The summed E-state index contributed by atoms with van der Waals surface area (Å²) in [5, 5.41) is 11.6. The van der Waals surface area contributed by atoms with Crippen molar-refractivity contribution in [1.82, 2.24) is 0 Å². The normalized spacial score (nSPS) is 17.1. The minimum atomic E-state index is -1.94. The Kier molecular flexibility index (Phi) is 15.6. The summed E-state index contributed by atoms with van der Waals surface area (Å²) in [6.45, 7) is 20.2. The molecular formula is C36H58O6Si. The molecule has 0 bridgehead atoms. The van der Waals surface area contributed by atoms with Crippen LogP contribution >= 0.6 is 0 Å². The van der Waals surface area contributed by atoms with E-state index >= 15 is 0 Å². The number of ether oxygens (including phenoxy) is 3. The molecule has 0 radical (unpaired) electrons. The van der Waals surface area contributed by atoms with Crippen LogP contribution in [0.25, 0.3) is 0 Å². The van der Waals surface area contributed by atoms with E-state index in [1.54, 1.807) is 7.11 Å². The van der Waals surface area contributed by atoms with Gasteiger partial charge < -0.3 is 23.7 Å². The molecule has 242 valence electrons. The third-order valence-corrected chi connectivity index (χ3v) is 14.9. The van der Waals surface area contributed by atoms with Crippen LogP contribution in [0.2, 0.25) is 17.6 Å². The maximum atomic E-state index is 13.4. The lowest BCUT2D eigenvalue weighted by Gasteiger charge is -2.42. The lowest BCUT2D eigenvalue weighted by Crippen LogP contribution is -2.49. The van der Waals surface area contributed by atoms with Gasteiger partial charge in [0, 0.05) is 29.8 Å². The zero-order chi connectivity index (χ0) is 32.2. The van der Waals surface area contributed by atoms with Crippen LogP contribution in [0, 0.1) is 23.7 Å². The lowest BCUT2D eigenvalue weighted by molar-refractivity contribution is -0.137. The molecule has 2 rings (SSSR count). The highest BCUT2D eigenvalue weighted by molar-refractivity contribution is 6.75. The number of carbonyl (C=O) groups excluding carboxylic acids is 1. The summed E-state index contributed by atoms with van der Waals surface area (Å²) in [5.41, 5.74) is 2.60. The number of hydrogen-bond donors (Lipinski definition) is 1. The minimum absolute atomic E-state index is 0.000514. The van der Waals surface area contributed by atoms with Crippen LogP contribution in [0.15, 0.2) is 54.6 Å². The fourth-order valence-corrected chi connectivity index (χ4v) is 9.78. The fourth-order valence-electron chi connectivity index (χ4n) is 6.09. The average Bonchev–Trinajstić information content (AvgIpc) is 3.02. The molecule has 0 amide bonds. The highest BCUT2D eigenvalue weighted by Crippen LogP contribution is 2.35. The molecule has 43 heavy (non-hydrogen) atoms. The summed E-state index contributed by atoms with van der Waals surface area (Å²) in [6.07, 6.45) is -1.25. The van der Waals surface area contributed by atoms with Crippen molar-refractivity contribution in [3.8, 4) is 5.75 Å². The number of ketones is 1. The summed E-state index contributed by atoms with van der Waals surface area (Å²) in [4.78, 5) is 13.4. The van der Waals surface area contributed by atoms with Crippen molar-refractivity contribution in [3.05, 3.63) is 65.7 Å². The second-order valence-electron chi connectivity index (χ2n) is 12.7. The van der Waals surface area contributed by atoms with E-state index in [1.807, 2.05) is 75.4 Å². The molecule has 0 aromatic heterocycles. The van der Waals surface area contributed by atoms with Gasteiger partial charge in [-0.1, -0.05) is 97.9 Å². The van der Waals surface area contributed by atoms with Crippen molar-refractivity contribution in [3.63, 3.8) is 0 Å². The number of Topliss-reactive ketones (excluding diaryl/α,β-unsaturated/α-hetero) is 1. The second-order valence-corrected chi connectivity index (χ2v) is 17.6. The van der Waals surface area contributed by atoms with Gasteiger partial charge in [-0.15, -0.1) is 0 Å². The quantitative estimate of drug-likeness (QED) is 0.152. The van der Waals surface area contributed by atoms with E-state index in [0.717, 1.165) is 29.0 Å². The smallest absolute Gasteiger partial charge is 0.195 e. The van der Waals surface area contributed by atoms with Crippen LogP contribution in [0.1, 0.15) is 73.4 Å². The van der Waals surface area contributed by atoms with Gasteiger partial charge in [0.05, 0.1) is 39.1 Å². The van der Waals surface area contributed by atoms with Crippen molar-refractivity contribution in [2.75, 3.05) is 13.7 Å². The predicted octanol–water partition coefficient (Wildman–Crippen LogP) is 8.07. The van der Waals surface area contributed by atoms with E-state index in [0.29, 0.717) is 25.4 Å². The Morgan fingerprint density at radius 3 is 1.93 bits per heavy atom. The molecule has 0 fully saturated rings. The molecule has 1 N–H and O–H groups in total. The molecule has 0 aliphatic heterocycles. The van der Waals surface area contributed by atoms with Gasteiger partial charge in [0.25, 0.3) is 0 Å². The van der Waals surface area contributed by atoms with E-state index < -0.39 is 20.3 Å². The van der Waals surface area contributed by atoms with Crippen molar-refractivity contribution in [1.29, 1.82) is 0 Å². The molecule has 2 aromatic rings. The van der Waals surface area contributed by atoms with Crippen molar-refractivity contribution in [2.45, 2.75) is 111 Å². The standard InChI is InChI=1S/C36H58O6Si/c1-11-43(12-2,25(3)4)42-30(9)27(6)36(41-24-32-18-20-33(39-10)21-19-32)29(8)35(38)28(7)34(37)26(5)22-40-23-31-16-14-13-15-17-31/h13-21,25-30,35-36,38H,11-12,22-24H2,1-10H3/t26-,27-,28+,29-,30-,35+,36-/m0/s1. The van der Waals surface area contributed by atoms with Gasteiger partial charge in [-0.2, -0.15) is 0 Å². The SMILES string of the molecule is CC[Si](CC)(O[C@@H](C)[C@H](C)[C@H](OCc1ccc(OC)cc1)[C@@H](C)[C@H](O)[C@H](C)C(=O)[C@@H](C)COCc1ccccc1)C(C)C. The van der Waals surface area contributed by atoms with Gasteiger partial charge in [0.1, 0.15) is 11.5 Å². The average molecular weight is 615 g/mol. The first-order chi connectivity index (χ1) is 20.4. The molecule has 0 aliphatic rings. The summed E-state index contributed by atoms with van der Waals surface area (Å²) < 4.78 is 24.7. The molecule has 2 aromatic carbocycles. The Morgan fingerprint density at radius 2 is 1.40 bits per heavy atom. The van der Waals surface area contributed by atoms with Crippen LogP contribution in [-0.4, -0.2) is 51.2 Å². The van der Waals surface area contributed by atoms with Crippen LogP contribution in [0.5, 0.6) is 5.75 Å². The van der Waals surface area contributed by atoms with Gasteiger partial charge >= 0.3 is 0 Å². The first kappa shape index (κ1) is 37.2. The third-order valence-electron chi connectivity index (χ3n) is 9.51. The van der Waals surface area contributed by atoms with Gasteiger partial charge in [-0.05, 0) is 47.8 Å². The molecule has 0 saturated heterocycles. The van der Waals surface area contributed by atoms with Crippen LogP contribution < -0.4 is 4.74 Å². The topological polar surface area (TPSA) is 74.2 Å². The van der Waals surface area contributed by atoms with E-state index in [9.17, 15) is 9.90 Å². The molecule has 0 heterocycles. The fraction of sp³-hybridized carbons (Fsp3) is 0.639. The lowest BCUT2D eigenvalue weighted by atomic mass is 9.79. The maximum Gasteiger partial charge on any atom is 0.195 e. The van der Waals surface area contributed by atoms with E-state index in [2.05, 4.69) is 41.5 Å². The van der Waals surface area contributed by atoms with E-state index in [1.165, 1.54) is 0 Å². The molecule has 0 aliphatic carbocycles. The first-order valence-electron chi connectivity index (χ1n) is 16.2. The molecule has 6 nitrogen and oxygen atoms in total. The van der Waals surface area contributed by atoms with E-state index in [4.69, 9.17) is 18.6 Å². The number of aliphatic hydroxyl groups excluding tert-OH is 1. The van der Waals surface area contributed by atoms with Crippen LogP contribution in [0.4, 0.5) is 0 Å². The van der Waals surface area contributed by atoms with Crippen molar-refractivity contribution < 1.29 is 28.5 Å². The number of rotatable bonds is 20. The molecule has 0 spiro atoms. The summed E-state index contributed by atoms with van der Waals surface area (Å²) in [5.74, 6) is -0.388. The van der Waals surface area contributed by atoms with Crippen molar-refractivity contribution in [2.24, 2.45) is 23.7 Å². The number of carbonyl (C=O) groups is 1. The van der Waals surface area contributed by atoms with Gasteiger partial charge in [-0.3, -0.25) is 4.79 Å². The van der Waals surface area contributed by atoms with Gasteiger partial charge in [-0.25, -0.2) is 0 Å². The highest BCUT2D eigenvalue weighted by atomic mass is 28.4. The molecule has 7 heteroatoms. The van der Waals surface area contributed by atoms with Crippen LogP contribution in [0.3, 0.4) is 0 Å². The second kappa shape index (κ2) is 18.1. The van der Waals surface area contributed by atoms with Gasteiger partial charge in [0.15, 0.2) is 8.32 Å². The number of hydrogen-bond acceptors (Lipinski definition) is 6. The van der Waals surface area contributed by atoms with E-state index in [-0.39, 0.29) is 35.7 Å². The third kappa shape index (κ3) is 10.5. The van der Waals surface area contributed by atoms with Gasteiger partial charge in [0.2, 0.25) is 0 Å². The summed E-state index contributed by atoms with van der Waals surface area (Å²) in [6, 6.07) is 19.9. The number of benzene rings is 2. The maximum absolute atomic E-state index is 13.4. The number of aliphatic hydroxyl groups is 1. The zero-order valence-corrected chi connectivity index (χ0v) is 29.3. The minimum Gasteiger partial charge on any atom is -0.497 e. The molecule has 0 unspecified atom stereocenters. The Hall–Kier alpha value is -2.03.